The molecule has 4 rings (SSSR count). The number of carbonyl (C=O) groups excluding carboxylic acids is 2. The van der Waals surface area contributed by atoms with Crippen LogP contribution < -0.4 is 10.2 Å². The van der Waals surface area contributed by atoms with Gasteiger partial charge in [-0.3, -0.25) is 19.5 Å². The largest absolute Gasteiger partial charge is 0.352 e. The van der Waals surface area contributed by atoms with Gasteiger partial charge in [-0.05, 0) is 17.2 Å². The number of nitrogens with one attached hydrogen (secondary N) is 1. The lowest BCUT2D eigenvalue weighted by atomic mass is 10.1. The third-order valence-electron chi connectivity index (χ3n) is 4.57. The summed E-state index contributed by atoms with van der Waals surface area (Å²) < 4.78 is 0. The molecule has 3 heterocycles. The third kappa shape index (κ3) is 4.23. The molecule has 1 saturated heterocycles. The highest BCUT2D eigenvalue weighted by molar-refractivity contribution is 7.15. The van der Waals surface area contributed by atoms with Crippen molar-refractivity contribution in [1.29, 1.82) is 0 Å². The van der Waals surface area contributed by atoms with Gasteiger partial charge in [0.15, 0.2) is 0 Å². The Bertz CT molecular complexity index is 961. The van der Waals surface area contributed by atoms with E-state index >= 15 is 0 Å². The summed E-state index contributed by atoms with van der Waals surface area (Å²) in [5.41, 5.74) is 2.07. The van der Waals surface area contributed by atoms with Gasteiger partial charge in [0.2, 0.25) is 16.9 Å². The molecule has 1 atom stereocenters. The van der Waals surface area contributed by atoms with E-state index in [0.717, 1.165) is 16.1 Å². The molecule has 0 aliphatic carbocycles. The van der Waals surface area contributed by atoms with Crippen LogP contribution in [0.4, 0.5) is 5.13 Å². The van der Waals surface area contributed by atoms with Gasteiger partial charge in [-0.1, -0.05) is 47.7 Å². The molecule has 0 radical (unpaired) electrons. The van der Waals surface area contributed by atoms with E-state index in [1.165, 1.54) is 11.3 Å². The first-order valence-corrected chi connectivity index (χ1v) is 9.84. The van der Waals surface area contributed by atoms with E-state index in [1.807, 2.05) is 42.5 Å². The van der Waals surface area contributed by atoms with Crippen LogP contribution in [0.1, 0.15) is 22.6 Å². The molecule has 1 N–H and O–H groups in total. The van der Waals surface area contributed by atoms with Gasteiger partial charge in [-0.25, -0.2) is 0 Å². The summed E-state index contributed by atoms with van der Waals surface area (Å²) in [4.78, 5) is 30.4. The van der Waals surface area contributed by atoms with Crippen LogP contribution in [-0.4, -0.2) is 33.5 Å². The number of nitrogens with zero attached hydrogens (tertiary/aromatic N) is 4. The smallest absolute Gasteiger partial charge is 0.229 e. The average molecular weight is 393 g/mol. The monoisotopic (exact) mass is 393 g/mol. The number of hydrogen-bond acceptors (Lipinski definition) is 6. The van der Waals surface area contributed by atoms with Crippen molar-refractivity contribution in [3.05, 3.63) is 71.0 Å². The summed E-state index contributed by atoms with van der Waals surface area (Å²) in [5.74, 6) is -0.608. The number of aromatic nitrogens is 3. The molecular formula is C20H19N5O2S. The van der Waals surface area contributed by atoms with E-state index in [4.69, 9.17) is 0 Å². The molecule has 1 fully saturated rings. The van der Waals surface area contributed by atoms with E-state index in [9.17, 15) is 9.59 Å². The van der Waals surface area contributed by atoms with Gasteiger partial charge in [0.1, 0.15) is 5.01 Å². The highest BCUT2D eigenvalue weighted by Gasteiger charge is 2.36. The summed E-state index contributed by atoms with van der Waals surface area (Å²) in [6, 6.07) is 13.7. The summed E-state index contributed by atoms with van der Waals surface area (Å²) in [6.45, 7) is 0.731. The molecular weight excluding hydrogens is 374 g/mol. The van der Waals surface area contributed by atoms with Crippen molar-refractivity contribution in [1.82, 2.24) is 20.5 Å². The lowest BCUT2D eigenvalue weighted by Gasteiger charge is -2.12. The van der Waals surface area contributed by atoms with Gasteiger partial charge >= 0.3 is 0 Å². The Balaban J connectivity index is 1.36. The number of pyridine rings is 1. The zero-order chi connectivity index (χ0) is 19.3. The average Bonchev–Trinajstić information content (AvgIpc) is 3.34. The maximum absolute atomic E-state index is 12.4. The molecule has 2 amide bonds. The Morgan fingerprint density at radius 2 is 1.96 bits per heavy atom. The summed E-state index contributed by atoms with van der Waals surface area (Å²) in [6.07, 6.45) is 4.26. The maximum Gasteiger partial charge on any atom is 0.229 e. The van der Waals surface area contributed by atoms with Gasteiger partial charge in [-0.2, -0.15) is 0 Å². The molecule has 28 heavy (non-hydrogen) atoms. The number of benzene rings is 1. The number of amides is 2. The minimum absolute atomic E-state index is 0.0936. The number of anilines is 1. The minimum Gasteiger partial charge on any atom is -0.352 e. The second-order valence-corrected chi connectivity index (χ2v) is 7.67. The van der Waals surface area contributed by atoms with Gasteiger partial charge in [-0.15, -0.1) is 10.2 Å². The van der Waals surface area contributed by atoms with Crippen molar-refractivity contribution < 1.29 is 9.59 Å². The van der Waals surface area contributed by atoms with Crippen molar-refractivity contribution in [2.75, 3.05) is 11.4 Å². The second kappa shape index (κ2) is 8.26. The van der Waals surface area contributed by atoms with Crippen LogP contribution >= 0.6 is 11.3 Å². The summed E-state index contributed by atoms with van der Waals surface area (Å²) in [5, 5.41) is 12.7. The molecule has 7 nitrogen and oxygen atoms in total. The fraction of sp³-hybridized carbons (Fsp3) is 0.250. The molecule has 0 saturated carbocycles. The Morgan fingerprint density at radius 3 is 2.75 bits per heavy atom. The molecule has 1 aromatic carbocycles. The van der Waals surface area contributed by atoms with Crippen molar-refractivity contribution >= 4 is 28.3 Å². The summed E-state index contributed by atoms with van der Waals surface area (Å²) >= 11 is 1.40. The van der Waals surface area contributed by atoms with E-state index in [0.29, 0.717) is 24.6 Å². The molecule has 142 valence electrons. The van der Waals surface area contributed by atoms with Gasteiger partial charge < -0.3 is 5.32 Å². The molecule has 2 aromatic heterocycles. The third-order valence-corrected chi connectivity index (χ3v) is 5.52. The topological polar surface area (TPSA) is 88.1 Å². The number of carbonyl (C=O) groups is 2. The molecule has 1 aliphatic heterocycles. The first-order chi connectivity index (χ1) is 13.7. The van der Waals surface area contributed by atoms with Crippen LogP contribution in [0.25, 0.3) is 0 Å². The van der Waals surface area contributed by atoms with Crippen LogP contribution in [0.3, 0.4) is 0 Å². The van der Waals surface area contributed by atoms with Crippen LogP contribution in [0.2, 0.25) is 0 Å². The Labute approximate surface area is 166 Å². The number of hydrogen-bond donors (Lipinski definition) is 1. The van der Waals surface area contributed by atoms with Gasteiger partial charge in [0.05, 0.1) is 5.92 Å². The van der Waals surface area contributed by atoms with E-state index in [-0.39, 0.29) is 24.2 Å². The van der Waals surface area contributed by atoms with E-state index in [2.05, 4.69) is 20.5 Å². The predicted octanol–water partition coefficient (Wildman–Crippen LogP) is 2.19. The molecule has 3 aromatic rings. The first kappa shape index (κ1) is 18.2. The van der Waals surface area contributed by atoms with Crippen molar-refractivity contribution in [2.45, 2.75) is 19.4 Å². The van der Waals surface area contributed by atoms with Gasteiger partial charge in [0, 0.05) is 38.3 Å². The lowest BCUT2D eigenvalue weighted by Crippen LogP contribution is -2.32. The Hall–Kier alpha value is -3.13. The lowest BCUT2D eigenvalue weighted by molar-refractivity contribution is -0.126. The van der Waals surface area contributed by atoms with Crippen LogP contribution in [0.15, 0.2) is 54.9 Å². The molecule has 0 spiro atoms. The molecule has 8 heteroatoms. The zero-order valence-corrected chi connectivity index (χ0v) is 15.9. The normalized spacial score (nSPS) is 16.4. The maximum atomic E-state index is 12.4. The second-order valence-electron chi connectivity index (χ2n) is 6.63. The Kier molecular flexibility index (Phi) is 5.38. The zero-order valence-electron chi connectivity index (χ0n) is 15.1. The van der Waals surface area contributed by atoms with Gasteiger partial charge in [0.25, 0.3) is 0 Å². The van der Waals surface area contributed by atoms with Crippen LogP contribution in [-0.2, 0) is 22.6 Å². The molecule has 0 bridgehead atoms. The van der Waals surface area contributed by atoms with E-state index in [1.54, 1.807) is 17.3 Å². The fourth-order valence-corrected chi connectivity index (χ4v) is 4.00. The standard InChI is InChI=1S/C20H19N5O2S/c26-18-10-16(19(27)22-12-15-7-4-8-21-11-15)13-25(18)20-24-23-17(28-20)9-14-5-2-1-3-6-14/h1-8,11,16H,9-10,12-13H2,(H,22,27). The van der Waals surface area contributed by atoms with Crippen molar-refractivity contribution in [3.8, 4) is 0 Å². The summed E-state index contributed by atoms with van der Waals surface area (Å²) in [7, 11) is 0. The number of rotatable bonds is 6. The first-order valence-electron chi connectivity index (χ1n) is 9.02. The van der Waals surface area contributed by atoms with Crippen LogP contribution in [0, 0.1) is 5.92 Å². The van der Waals surface area contributed by atoms with Crippen molar-refractivity contribution in [2.24, 2.45) is 5.92 Å². The minimum atomic E-state index is -0.384. The Morgan fingerprint density at radius 1 is 1.14 bits per heavy atom. The quantitative estimate of drug-likeness (QED) is 0.694. The highest BCUT2D eigenvalue weighted by Crippen LogP contribution is 2.28. The molecule has 1 aliphatic rings. The highest BCUT2D eigenvalue weighted by atomic mass is 32.1. The molecule has 1 unspecified atom stereocenters. The van der Waals surface area contributed by atoms with Crippen LogP contribution in [0.5, 0.6) is 0 Å². The fourth-order valence-electron chi connectivity index (χ4n) is 3.10. The predicted molar refractivity (Wildman–Crippen MR) is 106 cm³/mol. The SMILES string of the molecule is O=C(NCc1cccnc1)C1CC(=O)N(c2nnc(Cc3ccccc3)s2)C1. The van der Waals surface area contributed by atoms with Crippen molar-refractivity contribution in [3.63, 3.8) is 0 Å². The van der Waals surface area contributed by atoms with E-state index < -0.39 is 0 Å².